The van der Waals surface area contributed by atoms with Gasteiger partial charge in [-0.15, -0.1) is 0 Å². The molecule has 0 bridgehead atoms. The van der Waals surface area contributed by atoms with E-state index in [-0.39, 0.29) is 11.3 Å². The third-order valence-electron chi connectivity index (χ3n) is 2.12. The number of nitrogens with zero attached hydrogens (tertiary/aromatic N) is 1. The number of anilines is 1. The lowest BCUT2D eigenvalue weighted by Crippen LogP contribution is -2.15. The normalized spacial score (nSPS) is 10.1. The largest absolute Gasteiger partial charge is 0.477 e. The number of halogens is 1. The fourth-order valence-corrected chi connectivity index (χ4v) is 1.40. The third-order valence-corrected chi connectivity index (χ3v) is 2.37. The number of hydrogen-bond donors (Lipinski definition) is 2. The molecule has 0 fully saturated rings. The van der Waals surface area contributed by atoms with Gasteiger partial charge in [0, 0.05) is 10.7 Å². The first kappa shape index (κ1) is 12.1. The van der Waals surface area contributed by atoms with Crippen molar-refractivity contribution in [3.8, 4) is 0 Å². The molecule has 0 unspecified atom stereocenters. The van der Waals surface area contributed by atoms with Crippen LogP contribution in [0.15, 0.2) is 35.1 Å². The molecule has 1 heterocycles. The van der Waals surface area contributed by atoms with Crippen molar-refractivity contribution in [3.05, 3.63) is 46.8 Å². The van der Waals surface area contributed by atoms with Crippen LogP contribution < -0.4 is 5.32 Å². The second kappa shape index (κ2) is 4.89. The van der Waals surface area contributed by atoms with Crippen molar-refractivity contribution >= 4 is 29.2 Å². The van der Waals surface area contributed by atoms with Gasteiger partial charge in [-0.2, -0.15) is 0 Å². The van der Waals surface area contributed by atoms with Crippen LogP contribution in [-0.2, 0) is 0 Å². The van der Waals surface area contributed by atoms with Gasteiger partial charge in [-0.1, -0.05) is 16.8 Å². The molecular weight excluding hydrogens is 260 g/mol. The number of hydrogen-bond acceptors (Lipinski definition) is 4. The van der Waals surface area contributed by atoms with Gasteiger partial charge in [-0.3, -0.25) is 4.79 Å². The maximum absolute atomic E-state index is 11.8. The van der Waals surface area contributed by atoms with Crippen molar-refractivity contribution in [1.29, 1.82) is 0 Å². The van der Waals surface area contributed by atoms with E-state index in [9.17, 15) is 9.59 Å². The maximum Gasteiger partial charge on any atom is 0.341 e. The van der Waals surface area contributed by atoms with Gasteiger partial charge in [0.05, 0.1) is 0 Å². The topological polar surface area (TPSA) is 92.4 Å². The lowest BCUT2D eigenvalue weighted by molar-refractivity contribution is 0.0692. The smallest absolute Gasteiger partial charge is 0.341 e. The number of nitrogens with one attached hydrogen (secondary N) is 1. The highest BCUT2D eigenvalue weighted by molar-refractivity contribution is 6.30. The summed E-state index contributed by atoms with van der Waals surface area (Å²) in [6, 6.07) is 6.36. The number of amides is 1. The van der Waals surface area contributed by atoms with Crippen LogP contribution in [0.2, 0.25) is 5.02 Å². The van der Waals surface area contributed by atoms with Crippen LogP contribution in [0.4, 0.5) is 5.69 Å². The molecule has 2 rings (SSSR count). The number of carboxylic acid groups (broad SMARTS) is 1. The Labute approximate surface area is 106 Å². The molecule has 1 aromatic carbocycles. The summed E-state index contributed by atoms with van der Waals surface area (Å²) in [5.74, 6) is -1.94. The van der Waals surface area contributed by atoms with Crippen LogP contribution in [0.25, 0.3) is 0 Å². The average Bonchev–Trinajstić information content (AvgIpc) is 2.81. The molecule has 1 aromatic heterocycles. The quantitative estimate of drug-likeness (QED) is 0.889. The van der Waals surface area contributed by atoms with Crippen LogP contribution in [0, 0.1) is 0 Å². The van der Waals surface area contributed by atoms with Gasteiger partial charge in [-0.25, -0.2) is 4.79 Å². The summed E-state index contributed by atoms with van der Waals surface area (Å²) in [7, 11) is 0. The Bertz CT molecular complexity index is 591. The summed E-state index contributed by atoms with van der Waals surface area (Å²) in [6.07, 6.45) is 0.902. The zero-order valence-corrected chi connectivity index (χ0v) is 9.64. The van der Waals surface area contributed by atoms with Crippen LogP contribution >= 0.6 is 11.6 Å². The molecule has 0 aliphatic heterocycles. The van der Waals surface area contributed by atoms with E-state index in [0.29, 0.717) is 10.7 Å². The summed E-state index contributed by atoms with van der Waals surface area (Å²) in [5.41, 5.74) is -0.0948. The van der Waals surface area contributed by atoms with E-state index in [2.05, 4.69) is 15.0 Å². The molecule has 0 aliphatic rings. The monoisotopic (exact) mass is 266 g/mol. The number of rotatable bonds is 3. The zero-order chi connectivity index (χ0) is 13.1. The van der Waals surface area contributed by atoms with Gasteiger partial charge in [-0.05, 0) is 24.3 Å². The summed E-state index contributed by atoms with van der Waals surface area (Å²) < 4.78 is 4.47. The Hall–Kier alpha value is -2.34. The van der Waals surface area contributed by atoms with Crippen LogP contribution in [-0.4, -0.2) is 22.1 Å². The number of carboxylic acids is 1. The van der Waals surface area contributed by atoms with Gasteiger partial charge in [0.1, 0.15) is 11.8 Å². The molecule has 0 saturated heterocycles. The Kier molecular flexibility index (Phi) is 3.29. The Morgan fingerprint density at radius 3 is 2.56 bits per heavy atom. The number of carbonyl (C=O) groups is 2. The predicted octanol–water partition coefficient (Wildman–Crippen LogP) is 2.28. The van der Waals surface area contributed by atoms with Crippen molar-refractivity contribution in [2.45, 2.75) is 0 Å². The van der Waals surface area contributed by atoms with Gasteiger partial charge in [0.2, 0.25) is 0 Å². The summed E-state index contributed by atoms with van der Waals surface area (Å²) in [4.78, 5) is 22.5. The molecule has 92 valence electrons. The first-order valence-corrected chi connectivity index (χ1v) is 5.20. The lowest BCUT2D eigenvalue weighted by Gasteiger charge is -2.03. The zero-order valence-electron chi connectivity index (χ0n) is 8.88. The molecule has 0 spiro atoms. The first-order chi connectivity index (χ1) is 8.58. The SMILES string of the molecule is O=C(O)c1conc1C(=O)Nc1ccc(Cl)cc1. The number of carbonyl (C=O) groups excluding carboxylic acids is 1. The van der Waals surface area contributed by atoms with E-state index in [0.717, 1.165) is 6.26 Å². The number of aromatic nitrogens is 1. The molecule has 0 atom stereocenters. The molecule has 0 radical (unpaired) electrons. The van der Waals surface area contributed by atoms with Gasteiger partial charge in [0.25, 0.3) is 5.91 Å². The second-order valence-electron chi connectivity index (χ2n) is 3.34. The molecule has 0 saturated carbocycles. The van der Waals surface area contributed by atoms with Crippen LogP contribution in [0.1, 0.15) is 20.8 Å². The van der Waals surface area contributed by atoms with Crippen molar-refractivity contribution in [2.24, 2.45) is 0 Å². The van der Waals surface area contributed by atoms with Gasteiger partial charge < -0.3 is 14.9 Å². The summed E-state index contributed by atoms with van der Waals surface area (Å²) >= 11 is 5.70. The van der Waals surface area contributed by atoms with E-state index < -0.39 is 11.9 Å². The highest BCUT2D eigenvalue weighted by Crippen LogP contribution is 2.15. The van der Waals surface area contributed by atoms with E-state index in [1.807, 2.05) is 0 Å². The minimum atomic E-state index is -1.28. The number of benzene rings is 1. The molecule has 1 amide bonds. The van der Waals surface area contributed by atoms with E-state index in [4.69, 9.17) is 16.7 Å². The van der Waals surface area contributed by atoms with Gasteiger partial charge in [0.15, 0.2) is 5.69 Å². The molecule has 18 heavy (non-hydrogen) atoms. The van der Waals surface area contributed by atoms with Crippen molar-refractivity contribution in [1.82, 2.24) is 5.16 Å². The highest BCUT2D eigenvalue weighted by Gasteiger charge is 2.21. The fourth-order valence-electron chi connectivity index (χ4n) is 1.28. The first-order valence-electron chi connectivity index (χ1n) is 4.82. The minimum Gasteiger partial charge on any atom is -0.477 e. The molecular formula is C11H7ClN2O4. The predicted molar refractivity (Wildman–Crippen MR) is 62.9 cm³/mol. The van der Waals surface area contributed by atoms with Crippen molar-refractivity contribution < 1.29 is 19.2 Å². The second-order valence-corrected chi connectivity index (χ2v) is 3.78. The third kappa shape index (κ3) is 2.49. The molecule has 7 heteroatoms. The van der Waals surface area contributed by atoms with Crippen molar-refractivity contribution in [2.75, 3.05) is 5.32 Å². The molecule has 0 aliphatic carbocycles. The van der Waals surface area contributed by atoms with Gasteiger partial charge >= 0.3 is 5.97 Å². The number of aromatic carboxylic acids is 1. The minimum absolute atomic E-state index is 0.280. The van der Waals surface area contributed by atoms with E-state index in [1.54, 1.807) is 24.3 Å². The van der Waals surface area contributed by atoms with Crippen LogP contribution in [0.3, 0.4) is 0 Å². The lowest BCUT2D eigenvalue weighted by atomic mass is 10.2. The summed E-state index contributed by atoms with van der Waals surface area (Å²) in [6.45, 7) is 0. The maximum atomic E-state index is 11.8. The Balaban J connectivity index is 2.19. The Morgan fingerprint density at radius 1 is 1.28 bits per heavy atom. The Morgan fingerprint density at radius 2 is 1.94 bits per heavy atom. The molecule has 2 N–H and O–H groups in total. The van der Waals surface area contributed by atoms with E-state index >= 15 is 0 Å². The average molecular weight is 267 g/mol. The standard InChI is InChI=1S/C11H7ClN2O4/c12-6-1-3-7(4-2-6)13-10(15)9-8(11(16)17)5-18-14-9/h1-5H,(H,13,15)(H,16,17). The highest BCUT2D eigenvalue weighted by atomic mass is 35.5. The fraction of sp³-hybridized carbons (Fsp3) is 0. The molecule has 6 nitrogen and oxygen atoms in total. The van der Waals surface area contributed by atoms with Crippen molar-refractivity contribution in [3.63, 3.8) is 0 Å². The van der Waals surface area contributed by atoms with Crippen LogP contribution in [0.5, 0.6) is 0 Å². The molecule has 2 aromatic rings. The van der Waals surface area contributed by atoms with E-state index in [1.165, 1.54) is 0 Å². The summed E-state index contributed by atoms with van der Waals surface area (Å²) in [5, 5.41) is 15.2.